The van der Waals surface area contributed by atoms with Crippen LogP contribution in [-0.2, 0) is 9.59 Å². The van der Waals surface area contributed by atoms with Gasteiger partial charge in [0.2, 0.25) is 5.91 Å². The number of hydrogen-bond acceptors (Lipinski definition) is 4. The summed E-state index contributed by atoms with van der Waals surface area (Å²) in [5.74, 6) is -2.04. The van der Waals surface area contributed by atoms with E-state index in [4.69, 9.17) is 15.3 Å². The first kappa shape index (κ1) is 16.3. The van der Waals surface area contributed by atoms with Crippen LogP contribution in [-0.4, -0.2) is 28.9 Å². The molecule has 2 rings (SSSR count). The molecule has 0 aliphatic heterocycles. The van der Waals surface area contributed by atoms with Gasteiger partial charge >= 0.3 is 5.97 Å². The SMILES string of the molecule is NC(=O)CC[C@H](NC(=O)c1ccc(-c2ccccc2)o1)C(=O)O. The molecule has 0 fully saturated rings. The van der Waals surface area contributed by atoms with E-state index >= 15 is 0 Å². The standard InChI is InChI=1S/C16H16N2O5/c17-14(19)9-6-11(16(21)22)18-15(20)13-8-7-12(23-13)10-4-2-1-3-5-10/h1-5,7-8,11H,6,9H2,(H2,17,19)(H,18,20)(H,21,22)/t11-/m0/s1. The van der Waals surface area contributed by atoms with E-state index in [0.717, 1.165) is 5.56 Å². The molecule has 1 aromatic heterocycles. The first-order valence-corrected chi connectivity index (χ1v) is 6.94. The summed E-state index contributed by atoms with van der Waals surface area (Å²) in [5.41, 5.74) is 5.79. The smallest absolute Gasteiger partial charge is 0.326 e. The Morgan fingerprint density at radius 1 is 1.13 bits per heavy atom. The quantitative estimate of drug-likeness (QED) is 0.712. The number of hydrogen-bond donors (Lipinski definition) is 3. The fourth-order valence-corrected chi connectivity index (χ4v) is 1.99. The molecule has 0 radical (unpaired) electrons. The minimum absolute atomic E-state index is 0.00539. The van der Waals surface area contributed by atoms with Crippen LogP contribution in [0.25, 0.3) is 11.3 Å². The molecule has 0 aliphatic carbocycles. The highest BCUT2D eigenvalue weighted by Crippen LogP contribution is 2.21. The predicted molar refractivity (Wildman–Crippen MR) is 81.5 cm³/mol. The molecule has 7 nitrogen and oxygen atoms in total. The molecule has 1 aromatic carbocycles. The Morgan fingerprint density at radius 2 is 1.83 bits per heavy atom. The van der Waals surface area contributed by atoms with Crippen LogP contribution < -0.4 is 11.1 Å². The molecule has 120 valence electrons. The second-order valence-electron chi connectivity index (χ2n) is 4.90. The maximum absolute atomic E-state index is 12.1. The summed E-state index contributed by atoms with van der Waals surface area (Å²) < 4.78 is 5.44. The van der Waals surface area contributed by atoms with Gasteiger partial charge in [0.05, 0.1) is 0 Å². The van der Waals surface area contributed by atoms with Gasteiger partial charge in [-0.1, -0.05) is 30.3 Å². The molecule has 2 aromatic rings. The Labute approximate surface area is 132 Å². The lowest BCUT2D eigenvalue weighted by Crippen LogP contribution is -2.41. The number of carbonyl (C=O) groups excluding carboxylic acids is 2. The Balaban J connectivity index is 2.06. The van der Waals surface area contributed by atoms with E-state index in [1.165, 1.54) is 6.07 Å². The van der Waals surface area contributed by atoms with Crippen LogP contribution in [0.5, 0.6) is 0 Å². The maximum Gasteiger partial charge on any atom is 0.326 e. The first-order chi connectivity index (χ1) is 11.0. The zero-order valence-electron chi connectivity index (χ0n) is 12.2. The average Bonchev–Trinajstić information content (AvgIpc) is 3.01. The maximum atomic E-state index is 12.1. The van der Waals surface area contributed by atoms with E-state index in [1.54, 1.807) is 6.07 Å². The number of furan rings is 1. The molecule has 0 spiro atoms. The Morgan fingerprint density at radius 3 is 2.43 bits per heavy atom. The molecule has 1 heterocycles. The number of carbonyl (C=O) groups is 3. The van der Waals surface area contributed by atoms with Crippen molar-refractivity contribution in [1.82, 2.24) is 5.32 Å². The van der Waals surface area contributed by atoms with Gasteiger partial charge in [-0.2, -0.15) is 0 Å². The van der Waals surface area contributed by atoms with Crippen molar-refractivity contribution in [3.05, 3.63) is 48.2 Å². The molecule has 0 saturated heterocycles. The molecule has 0 unspecified atom stereocenters. The van der Waals surface area contributed by atoms with Gasteiger partial charge in [-0.25, -0.2) is 4.79 Å². The Kier molecular flexibility index (Phi) is 5.14. The van der Waals surface area contributed by atoms with E-state index in [1.807, 2.05) is 30.3 Å². The van der Waals surface area contributed by atoms with Crippen molar-refractivity contribution in [2.45, 2.75) is 18.9 Å². The second-order valence-corrected chi connectivity index (χ2v) is 4.90. The third-order valence-electron chi connectivity index (χ3n) is 3.17. The summed E-state index contributed by atoms with van der Waals surface area (Å²) in [7, 11) is 0. The molecule has 23 heavy (non-hydrogen) atoms. The lowest BCUT2D eigenvalue weighted by molar-refractivity contribution is -0.139. The molecular weight excluding hydrogens is 300 g/mol. The van der Waals surface area contributed by atoms with E-state index in [-0.39, 0.29) is 18.6 Å². The first-order valence-electron chi connectivity index (χ1n) is 6.94. The highest BCUT2D eigenvalue weighted by molar-refractivity contribution is 5.94. The number of aliphatic carboxylic acids is 1. The number of nitrogens with two attached hydrogens (primary N) is 1. The zero-order chi connectivity index (χ0) is 16.8. The van der Waals surface area contributed by atoms with Crippen molar-refractivity contribution in [3.8, 4) is 11.3 Å². The van der Waals surface area contributed by atoms with Crippen LogP contribution in [0.4, 0.5) is 0 Å². The van der Waals surface area contributed by atoms with Crippen molar-refractivity contribution in [1.29, 1.82) is 0 Å². The fraction of sp³-hybridized carbons (Fsp3) is 0.188. The summed E-state index contributed by atoms with van der Waals surface area (Å²) >= 11 is 0. The number of nitrogens with one attached hydrogen (secondary N) is 1. The normalized spacial score (nSPS) is 11.7. The molecule has 4 N–H and O–H groups in total. The van der Waals surface area contributed by atoms with Crippen LogP contribution in [0.3, 0.4) is 0 Å². The highest BCUT2D eigenvalue weighted by Gasteiger charge is 2.22. The van der Waals surface area contributed by atoms with Crippen LogP contribution in [0.2, 0.25) is 0 Å². The van der Waals surface area contributed by atoms with Crippen molar-refractivity contribution in [2.75, 3.05) is 0 Å². The summed E-state index contributed by atoms with van der Waals surface area (Å²) in [5, 5.41) is 11.4. The van der Waals surface area contributed by atoms with Crippen molar-refractivity contribution in [3.63, 3.8) is 0 Å². The summed E-state index contributed by atoms with van der Waals surface area (Å²) in [6, 6.07) is 11.1. The van der Waals surface area contributed by atoms with Crippen molar-refractivity contribution < 1.29 is 23.9 Å². The third-order valence-corrected chi connectivity index (χ3v) is 3.17. The number of carboxylic acids is 1. The highest BCUT2D eigenvalue weighted by atomic mass is 16.4. The van der Waals surface area contributed by atoms with Gasteiger partial charge in [-0.3, -0.25) is 9.59 Å². The summed E-state index contributed by atoms with van der Waals surface area (Å²) in [6.45, 7) is 0. The monoisotopic (exact) mass is 316 g/mol. The Hall–Kier alpha value is -3.09. The minimum Gasteiger partial charge on any atom is -0.480 e. The van der Waals surface area contributed by atoms with Crippen LogP contribution in [0.15, 0.2) is 46.9 Å². The molecule has 0 aliphatic rings. The number of carboxylic acid groups (broad SMARTS) is 1. The van der Waals surface area contributed by atoms with Gasteiger partial charge in [0.1, 0.15) is 11.8 Å². The van der Waals surface area contributed by atoms with E-state index in [0.29, 0.717) is 5.76 Å². The summed E-state index contributed by atoms with van der Waals surface area (Å²) in [6.07, 6.45) is -0.215. The van der Waals surface area contributed by atoms with E-state index < -0.39 is 23.8 Å². The van der Waals surface area contributed by atoms with Crippen LogP contribution in [0, 0.1) is 0 Å². The molecule has 2 amide bonds. The van der Waals surface area contributed by atoms with Gasteiger partial charge in [0.25, 0.3) is 5.91 Å². The topological polar surface area (TPSA) is 123 Å². The van der Waals surface area contributed by atoms with E-state index in [2.05, 4.69) is 5.32 Å². The molecular formula is C16H16N2O5. The Bertz CT molecular complexity index is 708. The van der Waals surface area contributed by atoms with Gasteiger partial charge < -0.3 is 20.6 Å². The lowest BCUT2D eigenvalue weighted by Gasteiger charge is -2.12. The zero-order valence-corrected chi connectivity index (χ0v) is 12.2. The molecule has 7 heteroatoms. The molecule has 1 atom stereocenters. The second kappa shape index (κ2) is 7.26. The number of rotatable bonds is 7. The van der Waals surface area contributed by atoms with Gasteiger partial charge in [-0.05, 0) is 18.6 Å². The van der Waals surface area contributed by atoms with Crippen molar-refractivity contribution >= 4 is 17.8 Å². The van der Waals surface area contributed by atoms with E-state index in [9.17, 15) is 14.4 Å². The number of benzene rings is 1. The summed E-state index contributed by atoms with van der Waals surface area (Å²) in [4.78, 5) is 33.9. The van der Waals surface area contributed by atoms with Crippen molar-refractivity contribution in [2.24, 2.45) is 5.73 Å². The largest absolute Gasteiger partial charge is 0.480 e. The number of amides is 2. The van der Waals surface area contributed by atoms with Crippen LogP contribution >= 0.6 is 0 Å². The lowest BCUT2D eigenvalue weighted by atomic mass is 10.1. The van der Waals surface area contributed by atoms with Gasteiger partial charge in [0.15, 0.2) is 5.76 Å². The molecule has 0 saturated carbocycles. The van der Waals surface area contributed by atoms with Gasteiger partial charge in [0, 0.05) is 12.0 Å². The molecule has 0 bridgehead atoms. The third kappa shape index (κ3) is 4.44. The predicted octanol–water partition coefficient (Wildman–Crippen LogP) is 1.40. The fourth-order valence-electron chi connectivity index (χ4n) is 1.99. The average molecular weight is 316 g/mol. The number of primary amides is 1. The minimum atomic E-state index is -1.24. The van der Waals surface area contributed by atoms with Gasteiger partial charge in [-0.15, -0.1) is 0 Å². The van der Waals surface area contributed by atoms with Crippen LogP contribution in [0.1, 0.15) is 23.4 Å².